The number of halogens is 2. The number of hydrogen-bond donors (Lipinski definition) is 0. The van der Waals surface area contributed by atoms with Crippen molar-refractivity contribution in [3.8, 4) is 11.5 Å². The van der Waals surface area contributed by atoms with Crippen molar-refractivity contribution in [1.82, 2.24) is 0 Å². The molecule has 1 aromatic carbocycles. The molecule has 15 heavy (non-hydrogen) atoms. The van der Waals surface area contributed by atoms with Gasteiger partial charge in [0.25, 0.3) is 0 Å². The van der Waals surface area contributed by atoms with E-state index in [-0.39, 0.29) is 5.82 Å². The zero-order valence-corrected chi connectivity index (χ0v) is 9.39. The monoisotopic (exact) mass is 232 g/mol. The van der Waals surface area contributed by atoms with E-state index in [9.17, 15) is 4.39 Å². The summed E-state index contributed by atoms with van der Waals surface area (Å²) in [7, 11) is 0. The Morgan fingerprint density at radius 2 is 1.93 bits per heavy atom. The van der Waals surface area contributed by atoms with Crippen molar-refractivity contribution in [2.24, 2.45) is 0 Å². The summed E-state index contributed by atoms with van der Waals surface area (Å²) in [5.41, 5.74) is 0. The van der Waals surface area contributed by atoms with Crippen LogP contribution in [0, 0.1) is 5.82 Å². The summed E-state index contributed by atoms with van der Waals surface area (Å²) in [6.07, 6.45) is 0.895. The summed E-state index contributed by atoms with van der Waals surface area (Å²) < 4.78 is 23.6. The van der Waals surface area contributed by atoms with E-state index in [4.69, 9.17) is 21.1 Å². The molecule has 1 rings (SSSR count). The second kappa shape index (κ2) is 6.51. The Hall–Kier alpha value is -0.960. The van der Waals surface area contributed by atoms with E-state index in [0.717, 1.165) is 6.42 Å². The van der Waals surface area contributed by atoms with Crippen LogP contribution >= 0.6 is 11.6 Å². The molecule has 0 fully saturated rings. The number of benzene rings is 1. The Morgan fingerprint density at radius 1 is 1.20 bits per heavy atom. The van der Waals surface area contributed by atoms with Crippen LogP contribution in [0.5, 0.6) is 11.5 Å². The summed E-state index contributed by atoms with van der Waals surface area (Å²) >= 11 is 5.49. The van der Waals surface area contributed by atoms with E-state index in [0.29, 0.717) is 30.6 Å². The van der Waals surface area contributed by atoms with E-state index in [2.05, 4.69) is 0 Å². The molecule has 0 aliphatic carbocycles. The fourth-order valence-electron chi connectivity index (χ4n) is 1.07. The second-order valence-electron chi connectivity index (χ2n) is 2.98. The topological polar surface area (TPSA) is 18.5 Å². The van der Waals surface area contributed by atoms with Gasteiger partial charge in [0, 0.05) is 6.07 Å². The maximum absolute atomic E-state index is 12.9. The van der Waals surface area contributed by atoms with Gasteiger partial charge in [-0.05, 0) is 18.6 Å². The van der Waals surface area contributed by atoms with Gasteiger partial charge in [0.2, 0.25) is 0 Å². The second-order valence-corrected chi connectivity index (χ2v) is 3.35. The molecule has 84 valence electrons. The lowest BCUT2D eigenvalue weighted by Gasteiger charge is -2.11. The lowest BCUT2D eigenvalue weighted by molar-refractivity contribution is 0.276. The van der Waals surface area contributed by atoms with Gasteiger partial charge in [-0.3, -0.25) is 0 Å². The molecule has 0 amide bonds. The first-order valence-electron chi connectivity index (χ1n) is 4.89. The Morgan fingerprint density at radius 3 is 2.60 bits per heavy atom. The normalized spacial score (nSPS) is 10.1. The highest BCUT2D eigenvalue weighted by molar-refractivity contribution is 6.18. The third kappa shape index (κ3) is 3.96. The molecule has 0 unspecified atom stereocenters. The van der Waals surface area contributed by atoms with Crippen molar-refractivity contribution in [3.05, 3.63) is 24.0 Å². The molecule has 0 heterocycles. The molecule has 0 N–H and O–H groups in total. The molecule has 4 heteroatoms. The molecular formula is C11H14ClFO2. The Balaban J connectivity index is 2.73. The van der Waals surface area contributed by atoms with Crippen LogP contribution in [0.3, 0.4) is 0 Å². The average Bonchev–Trinajstić information content (AvgIpc) is 2.25. The largest absolute Gasteiger partial charge is 0.490 e. The molecule has 0 atom stereocenters. The molecule has 0 saturated carbocycles. The highest BCUT2D eigenvalue weighted by atomic mass is 35.5. The molecule has 2 nitrogen and oxygen atoms in total. The lowest BCUT2D eigenvalue weighted by Crippen LogP contribution is -2.02. The van der Waals surface area contributed by atoms with E-state index in [1.165, 1.54) is 12.1 Å². The Labute approximate surface area is 94.0 Å². The molecule has 0 aliphatic heterocycles. The van der Waals surface area contributed by atoms with Crippen LogP contribution in [-0.4, -0.2) is 19.1 Å². The van der Waals surface area contributed by atoms with Gasteiger partial charge in [0.05, 0.1) is 12.5 Å². The van der Waals surface area contributed by atoms with Crippen LogP contribution in [-0.2, 0) is 0 Å². The lowest BCUT2D eigenvalue weighted by atomic mass is 10.3. The van der Waals surface area contributed by atoms with E-state index >= 15 is 0 Å². The molecule has 0 saturated heterocycles. The molecular weight excluding hydrogens is 219 g/mol. The number of hydrogen-bond acceptors (Lipinski definition) is 2. The SMILES string of the molecule is CCCOc1ccc(F)cc1OCCCl. The van der Waals surface area contributed by atoms with Gasteiger partial charge >= 0.3 is 0 Å². The van der Waals surface area contributed by atoms with E-state index < -0.39 is 0 Å². The fourth-order valence-corrected chi connectivity index (χ4v) is 1.15. The summed E-state index contributed by atoms with van der Waals surface area (Å²) in [5, 5.41) is 0. The van der Waals surface area contributed by atoms with Gasteiger partial charge in [-0.2, -0.15) is 0 Å². The Kier molecular flexibility index (Phi) is 5.26. The summed E-state index contributed by atoms with van der Waals surface area (Å²) in [6, 6.07) is 4.21. The molecule has 0 aliphatic rings. The van der Waals surface area contributed by atoms with Gasteiger partial charge in [0.15, 0.2) is 11.5 Å². The van der Waals surface area contributed by atoms with Crippen molar-refractivity contribution >= 4 is 11.6 Å². The quantitative estimate of drug-likeness (QED) is 0.701. The molecule has 0 bridgehead atoms. The first-order chi connectivity index (χ1) is 7.27. The molecule has 0 spiro atoms. The summed E-state index contributed by atoms with van der Waals surface area (Å²) in [5.74, 6) is 0.986. The minimum atomic E-state index is -0.344. The van der Waals surface area contributed by atoms with Crippen molar-refractivity contribution < 1.29 is 13.9 Å². The standard InChI is InChI=1S/C11H14ClFO2/c1-2-6-14-10-4-3-9(13)8-11(10)15-7-5-12/h3-4,8H,2,5-7H2,1H3. The van der Waals surface area contributed by atoms with Crippen LogP contribution in [0.1, 0.15) is 13.3 Å². The zero-order valence-electron chi connectivity index (χ0n) is 8.63. The number of rotatable bonds is 6. The van der Waals surface area contributed by atoms with Gasteiger partial charge in [-0.1, -0.05) is 6.92 Å². The number of alkyl halides is 1. The van der Waals surface area contributed by atoms with Crippen LogP contribution < -0.4 is 9.47 Å². The fraction of sp³-hybridized carbons (Fsp3) is 0.455. The highest BCUT2D eigenvalue weighted by Gasteiger charge is 2.06. The van der Waals surface area contributed by atoms with Gasteiger partial charge in [0.1, 0.15) is 12.4 Å². The van der Waals surface area contributed by atoms with Crippen molar-refractivity contribution in [1.29, 1.82) is 0 Å². The first kappa shape index (κ1) is 12.1. The minimum absolute atomic E-state index is 0.341. The van der Waals surface area contributed by atoms with Crippen molar-refractivity contribution in [2.45, 2.75) is 13.3 Å². The third-order valence-electron chi connectivity index (χ3n) is 1.70. The van der Waals surface area contributed by atoms with Crippen molar-refractivity contribution in [3.63, 3.8) is 0 Å². The summed E-state index contributed by atoms with van der Waals surface area (Å²) in [4.78, 5) is 0. The van der Waals surface area contributed by atoms with Gasteiger partial charge in [-0.15, -0.1) is 11.6 Å². The zero-order chi connectivity index (χ0) is 11.1. The minimum Gasteiger partial charge on any atom is -0.490 e. The van der Waals surface area contributed by atoms with Crippen LogP contribution in [0.2, 0.25) is 0 Å². The van der Waals surface area contributed by atoms with Crippen molar-refractivity contribution in [2.75, 3.05) is 19.1 Å². The third-order valence-corrected chi connectivity index (χ3v) is 1.86. The van der Waals surface area contributed by atoms with Crippen LogP contribution in [0.15, 0.2) is 18.2 Å². The maximum atomic E-state index is 12.9. The van der Waals surface area contributed by atoms with E-state index in [1.54, 1.807) is 6.07 Å². The van der Waals surface area contributed by atoms with E-state index in [1.807, 2.05) is 6.92 Å². The summed E-state index contributed by atoms with van der Waals surface area (Å²) in [6.45, 7) is 2.93. The predicted molar refractivity (Wildman–Crippen MR) is 58.4 cm³/mol. The average molecular weight is 233 g/mol. The highest BCUT2D eigenvalue weighted by Crippen LogP contribution is 2.28. The maximum Gasteiger partial charge on any atom is 0.164 e. The van der Waals surface area contributed by atoms with Gasteiger partial charge in [-0.25, -0.2) is 4.39 Å². The van der Waals surface area contributed by atoms with Crippen LogP contribution in [0.25, 0.3) is 0 Å². The van der Waals surface area contributed by atoms with Crippen LogP contribution in [0.4, 0.5) is 4.39 Å². The van der Waals surface area contributed by atoms with Gasteiger partial charge < -0.3 is 9.47 Å². The predicted octanol–water partition coefficient (Wildman–Crippen LogP) is 3.23. The smallest absolute Gasteiger partial charge is 0.164 e. The first-order valence-corrected chi connectivity index (χ1v) is 5.42. The molecule has 0 radical (unpaired) electrons. The number of ether oxygens (including phenoxy) is 2. The molecule has 1 aromatic rings. The Bertz CT molecular complexity index is 305. The molecule has 0 aromatic heterocycles.